The van der Waals surface area contributed by atoms with Crippen LogP contribution in [0, 0.1) is 0 Å². The van der Waals surface area contributed by atoms with Crippen molar-refractivity contribution in [2.75, 3.05) is 0 Å². The Balaban J connectivity index is 4.25. The number of hydrogen-bond donors (Lipinski definition) is 1. The average molecular weight is 227 g/mol. The molecule has 0 fully saturated rings. The van der Waals surface area contributed by atoms with Crippen LogP contribution in [0.2, 0.25) is 0 Å². The Morgan fingerprint density at radius 3 is 2.06 bits per heavy atom. The molecule has 96 valence electrons. The molecule has 0 aromatic heterocycles. The maximum absolute atomic E-state index is 11.7. The summed E-state index contributed by atoms with van der Waals surface area (Å²) in [7, 11) is 0. The summed E-state index contributed by atoms with van der Waals surface area (Å²) in [4.78, 5) is 11.7. The van der Waals surface area contributed by atoms with Crippen LogP contribution >= 0.6 is 0 Å². The van der Waals surface area contributed by atoms with E-state index in [1.54, 1.807) is 0 Å². The van der Waals surface area contributed by atoms with Gasteiger partial charge in [-0.15, -0.1) is 0 Å². The first-order valence-corrected chi connectivity index (χ1v) is 6.95. The zero-order valence-electron chi connectivity index (χ0n) is 11.6. The van der Waals surface area contributed by atoms with Crippen molar-refractivity contribution in [3.8, 4) is 0 Å². The molecule has 2 heteroatoms. The van der Waals surface area contributed by atoms with Gasteiger partial charge < -0.3 is 5.32 Å². The second-order valence-corrected chi connectivity index (χ2v) is 4.74. The molecule has 0 rings (SSSR count). The highest BCUT2D eigenvalue weighted by atomic mass is 16.1. The second-order valence-electron chi connectivity index (χ2n) is 4.74. The van der Waals surface area contributed by atoms with Crippen molar-refractivity contribution in [2.45, 2.75) is 84.6 Å². The molecule has 0 aliphatic heterocycles. The Kier molecular flexibility index (Phi) is 8.32. The van der Waals surface area contributed by atoms with Crippen LogP contribution in [0.15, 0.2) is 0 Å². The lowest BCUT2D eigenvalue weighted by atomic mass is 9.86. The highest BCUT2D eigenvalue weighted by Gasteiger charge is 2.26. The van der Waals surface area contributed by atoms with Crippen LogP contribution in [0.5, 0.6) is 0 Å². The molecule has 0 aromatic carbocycles. The molecule has 1 N–H and O–H groups in total. The van der Waals surface area contributed by atoms with E-state index in [1.807, 2.05) is 0 Å². The number of rotatable bonds is 9. The minimum Gasteiger partial charge on any atom is -0.351 e. The highest BCUT2D eigenvalue weighted by molar-refractivity contribution is 5.76. The van der Waals surface area contributed by atoms with Crippen molar-refractivity contribution in [3.63, 3.8) is 0 Å². The van der Waals surface area contributed by atoms with E-state index >= 15 is 0 Å². The van der Waals surface area contributed by atoms with Gasteiger partial charge in [0.2, 0.25) is 5.91 Å². The number of nitrogens with one attached hydrogen (secondary N) is 1. The summed E-state index contributed by atoms with van der Waals surface area (Å²) in [5, 5.41) is 3.25. The van der Waals surface area contributed by atoms with Crippen molar-refractivity contribution >= 4 is 5.91 Å². The van der Waals surface area contributed by atoms with Crippen LogP contribution in [-0.4, -0.2) is 11.4 Å². The van der Waals surface area contributed by atoms with Crippen LogP contribution in [0.3, 0.4) is 0 Å². The first-order chi connectivity index (χ1) is 7.64. The standard InChI is InChI=1S/C14H29NO/c1-5-9-10-12-14(7-3,8-4)15-13(16)11-6-2/h5-12H2,1-4H3,(H,15,16). The molecule has 0 radical (unpaired) electrons. The molecule has 0 spiro atoms. The van der Waals surface area contributed by atoms with E-state index in [0.29, 0.717) is 6.42 Å². The van der Waals surface area contributed by atoms with Crippen molar-refractivity contribution in [1.82, 2.24) is 5.32 Å². The molecular formula is C14H29NO. The lowest BCUT2D eigenvalue weighted by molar-refractivity contribution is -0.123. The monoisotopic (exact) mass is 227 g/mol. The van der Waals surface area contributed by atoms with Crippen LogP contribution in [-0.2, 0) is 4.79 Å². The first kappa shape index (κ1) is 15.5. The first-order valence-electron chi connectivity index (χ1n) is 6.95. The zero-order valence-corrected chi connectivity index (χ0v) is 11.6. The summed E-state index contributed by atoms with van der Waals surface area (Å²) < 4.78 is 0. The molecule has 0 bridgehead atoms. The molecule has 0 aliphatic carbocycles. The van der Waals surface area contributed by atoms with Gasteiger partial charge in [0, 0.05) is 12.0 Å². The van der Waals surface area contributed by atoms with E-state index in [2.05, 4.69) is 33.0 Å². The minimum absolute atomic E-state index is 0.0570. The van der Waals surface area contributed by atoms with Crippen LogP contribution in [0.1, 0.15) is 79.1 Å². The Bertz CT molecular complexity index is 185. The topological polar surface area (TPSA) is 29.1 Å². The third-order valence-corrected chi connectivity index (χ3v) is 3.49. The molecule has 0 unspecified atom stereocenters. The molecule has 0 aliphatic rings. The van der Waals surface area contributed by atoms with Gasteiger partial charge in [-0.05, 0) is 25.7 Å². The molecule has 0 saturated heterocycles. The smallest absolute Gasteiger partial charge is 0.220 e. The summed E-state index contributed by atoms with van der Waals surface area (Å²) in [5.41, 5.74) is 0.0570. The minimum atomic E-state index is 0.0570. The Labute approximate surface area is 101 Å². The van der Waals surface area contributed by atoms with Gasteiger partial charge in [-0.2, -0.15) is 0 Å². The predicted octanol–water partition coefficient (Wildman–Crippen LogP) is 4.04. The van der Waals surface area contributed by atoms with Crippen molar-refractivity contribution in [3.05, 3.63) is 0 Å². The van der Waals surface area contributed by atoms with Gasteiger partial charge in [-0.25, -0.2) is 0 Å². The summed E-state index contributed by atoms with van der Waals surface area (Å²) in [5.74, 6) is 0.225. The van der Waals surface area contributed by atoms with Gasteiger partial charge >= 0.3 is 0 Å². The van der Waals surface area contributed by atoms with E-state index in [0.717, 1.165) is 25.7 Å². The quantitative estimate of drug-likeness (QED) is 0.592. The predicted molar refractivity (Wildman–Crippen MR) is 70.5 cm³/mol. The molecule has 2 nitrogen and oxygen atoms in total. The molecule has 0 saturated carbocycles. The van der Waals surface area contributed by atoms with Crippen molar-refractivity contribution < 1.29 is 4.79 Å². The van der Waals surface area contributed by atoms with Gasteiger partial charge in [0.15, 0.2) is 0 Å². The third-order valence-electron chi connectivity index (χ3n) is 3.49. The fourth-order valence-electron chi connectivity index (χ4n) is 2.14. The SMILES string of the molecule is CCCCCC(CC)(CC)NC(=O)CCC. The highest BCUT2D eigenvalue weighted by Crippen LogP contribution is 2.23. The van der Waals surface area contributed by atoms with E-state index in [9.17, 15) is 4.79 Å². The van der Waals surface area contributed by atoms with E-state index in [1.165, 1.54) is 19.3 Å². The average Bonchev–Trinajstić information content (AvgIpc) is 2.28. The molecule has 0 aromatic rings. The van der Waals surface area contributed by atoms with Crippen molar-refractivity contribution in [2.24, 2.45) is 0 Å². The number of unbranched alkanes of at least 4 members (excludes halogenated alkanes) is 2. The summed E-state index contributed by atoms with van der Waals surface area (Å²) in [6.45, 7) is 8.63. The van der Waals surface area contributed by atoms with Gasteiger partial charge in [0.1, 0.15) is 0 Å². The van der Waals surface area contributed by atoms with Crippen LogP contribution in [0.25, 0.3) is 0 Å². The maximum Gasteiger partial charge on any atom is 0.220 e. The maximum atomic E-state index is 11.7. The van der Waals surface area contributed by atoms with E-state index in [4.69, 9.17) is 0 Å². The zero-order chi connectivity index (χ0) is 12.4. The number of carbonyl (C=O) groups is 1. The van der Waals surface area contributed by atoms with Crippen LogP contribution < -0.4 is 5.32 Å². The number of amides is 1. The lowest BCUT2D eigenvalue weighted by Gasteiger charge is -2.33. The molecule has 16 heavy (non-hydrogen) atoms. The van der Waals surface area contributed by atoms with Gasteiger partial charge in [-0.1, -0.05) is 47.0 Å². The molecular weight excluding hydrogens is 198 g/mol. The molecule has 0 heterocycles. The number of hydrogen-bond acceptors (Lipinski definition) is 1. The number of carbonyl (C=O) groups excluding carboxylic acids is 1. The van der Waals surface area contributed by atoms with E-state index < -0.39 is 0 Å². The van der Waals surface area contributed by atoms with Crippen molar-refractivity contribution in [1.29, 1.82) is 0 Å². The van der Waals surface area contributed by atoms with E-state index in [-0.39, 0.29) is 11.4 Å². The normalized spacial score (nSPS) is 11.5. The Morgan fingerprint density at radius 2 is 1.62 bits per heavy atom. The fraction of sp³-hybridized carbons (Fsp3) is 0.929. The van der Waals surface area contributed by atoms with Gasteiger partial charge in [-0.3, -0.25) is 4.79 Å². The molecule has 1 amide bonds. The lowest BCUT2D eigenvalue weighted by Crippen LogP contribution is -2.47. The third kappa shape index (κ3) is 5.53. The summed E-state index contributed by atoms with van der Waals surface area (Å²) in [6.07, 6.45) is 8.55. The fourth-order valence-corrected chi connectivity index (χ4v) is 2.14. The van der Waals surface area contributed by atoms with Crippen LogP contribution in [0.4, 0.5) is 0 Å². The second kappa shape index (κ2) is 8.60. The largest absolute Gasteiger partial charge is 0.351 e. The summed E-state index contributed by atoms with van der Waals surface area (Å²) in [6, 6.07) is 0. The Morgan fingerprint density at radius 1 is 1.00 bits per heavy atom. The van der Waals surface area contributed by atoms with Gasteiger partial charge in [0.25, 0.3) is 0 Å². The molecule has 0 atom stereocenters. The summed E-state index contributed by atoms with van der Waals surface area (Å²) >= 11 is 0. The Hall–Kier alpha value is -0.530. The van der Waals surface area contributed by atoms with Gasteiger partial charge in [0.05, 0.1) is 0 Å².